The minimum Gasteiger partial charge on any atom is -0.357 e. The number of aromatic nitrogens is 2. The van der Waals surface area contributed by atoms with Crippen LogP contribution in [0.4, 0.5) is 5.69 Å². The normalized spacial score (nSPS) is 16.3. The molecule has 3 rings (SSSR count). The van der Waals surface area contributed by atoms with Gasteiger partial charge >= 0.3 is 0 Å². The summed E-state index contributed by atoms with van der Waals surface area (Å²) in [5.41, 5.74) is 1.72. The molecule has 0 saturated carbocycles. The van der Waals surface area contributed by atoms with Gasteiger partial charge in [0.15, 0.2) is 5.96 Å². The molecule has 1 saturated heterocycles. The Hall–Kier alpha value is -3.36. The van der Waals surface area contributed by atoms with Gasteiger partial charge in [-0.2, -0.15) is 5.10 Å². The number of likely N-dealkylation sites (tertiary alicyclic amines) is 1. The third-order valence-corrected chi connectivity index (χ3v) is 5.17. The minimum absolute atomic E-state index is 0.0166. The van der Waals surface area contributed by atoms with Crippen LogP contribution < -0.4 is 16.0 Å². The van der Waals surface area contributed by atoms with Crippen LogP contribution >= 0.6 is 0 Å². The smallest absolute Gasteiger partial charge is 0.246 e. The second-order valence-electron chi connectivity index (χ2n) is 8.22. The van der Waals surface area contributed by atoms with E-state index >= 15 is 0 Å². The van der Waals surface area contributed by atoms with E-state index in [0.717, 1.165) is 36.7 Å². The van der Waals surface area contributed by atoms with E-state index in [9.17, 15) is 9.59 Å². The Balaban J connectivity index is 1.56. The van der Waals surface area contributed by atoms with Crippen molar-refractivity contribution in [2.24, 2.45) is 10.9 Å². The summed E-state index contributed by atoms with van der Waals surface area (Å²) < 4.78 is 1.58. The molecule has 0 radical (unpaired) electrons. The van der Waals surface area contributed by atoms with Crippen molar-refractivity contribution in [3.8, 4) is 0 Å². The van der Waals surface area contributed by atoms with Gasteiger partial charge in [-0.3, -0.25) is 14.3 Å². The molecular weight excluding hydrogens is 406 g/mol. The zero-order valence-electron chi connectivity index (χ0n) is 19.0. The highest BCUT2D eigenvalue weighted by Gasteiger charge is 2.27. The molecule has 1 aromatic carbocycles. The fourth-order valence-corrected chi connectivity index (χ4v) is 3.62. The summed E-state index contributed by atoms with van der Waals surface area (Å²) in [7, 11) is 0. The largest absolute Gasteiger partial charge is 0.357 e. The Kier molecular flexibility index (Phi) is 8.24. The van der Waals surface area contributed by atoms with Gasteiger partial charge in [-0.1, -0.05) is 26.0 Å². The van der Waals surface area contributed by atoms with Crippen molar-refractivity contribution in [2.45, 2.75) is 46.3 Å². The zero-order valence-corrected chi connectivity index (χ0v) is 19.0. The van der Waals surface area contributed by atoms with Crippen LogP contribution in [0, 0.1) is 5.92 Å². The molecule has 172 valence electrons. The molecule has 32 heavy (non-hydrogen) atoms. The van der Waals surface area contributed by atoms with Crippen LogP contribution in [0.15, 0.2) is 47.7 Å². The maximum atomic E-state index is 12.2. The molecule has 1 aliphatic heterocycles. The van der Waals surface area contributed by atoms with Gasteiger partial charge in [0.1, 0.15) is 6.54 Å². The fourth-order valence-electron chi connectivity index (χ4n) is 3.62. The Morgan fingerprint density at radius 2 is 2.12 bits per heavy atom. The van der Waals surface area contributed by atoms with Crippen molar-refractivity contribution >= 4 is 23.5 Å². The van der Waals surface area contributed by atoms with Crippen LogP contribution in [0.1, 0.15) is 32.8 Å². The number of nitrogens with one attached hydrogen (secondary N) is 3. The number of guanidine groups is 1. The lowest BCUT2D eigenvalue weighted by molar-refractivity contribution is -0.133. The third kappa shape index (κ3) is 6.83. The number of carbonyl (C=O) groups is 2. The van der Waals surface area contributed by atoms with E-state index in [4.69, 9.17) is 4.99 Å². The van der Waals surface area contributed by atoms with Gasteiger partial charge in [-0.25, -0.2) is 4.99 Å². The van der Waals surface area contributed by atoms with Crippen LogP contribution in [-0.2, 0) is 22.7 Å². The van der Waals surface area contributed by atoms with E-state index in [2.05, 4.69) is 21.0 Å². The summed E-state index contributed by atoms with van der Waals surface area (Å²) in [6.07, 6.45) is 4.30. The summed E-state index contributed by atoms with van der Waals surface area (Å²) in [5.74, 6) is 0.807. The molecular formula is C23H33N7O2. The van der Waals surface area contributed by atoms with Crippen molar-refractivity contribution in [1.29, 1.82) is 0 Å². The molecule has 1 aliphatic rings. The third-order valence-electron chi connectivity index (χ3n) is 5.17. The molecule has 9 heteroatoms. The van der Waals surface area contributed by atoms with Crippen LogP contribution in [0.25, 0.3) is 0 Å². The zero-order chi connectivity index (χ0) is 22.9. The highest BCUT2D eigenvalue weighted by molar-refractivity contribution is 5.90. The van der Waals surface area contributed by atoms with Crippen LogP contribution in [0.5, 0.6) is 0 Å². The number of rotatable bonds is 8. The topological polar surface area (TPSA) is 104 Å². The summed E-state index contributed by atoms with van der Waals surface area (Å²) in [6, 6.07) is 9.63. The van der Waals surface area contributed by atoms with Gasteiger partial charge in [0, 0.05) is 49.7 Å². The molecule has 2 aromatic rings. The van der Waals surface area contributed by atoms with E-state index in [0.29, 0.717) is 13.1 Å². The van der Waals surface area contributed by atoms with Crippen LogP contribution in [0.2, 0.25) is 0 Å². The Labute approximate surface area is 189 Å². The number of hydrogen-bond donors (Lipinski definition) is 3. The number of aliphatic imine (C=N–C) groups is 1. The molecule has 1 aromatic heterocycles. The summed E-state index contributed by atoms with van der Waals surface area (Å²) in [6.45, 7) is 8.74. The average molecular weight is 440 g/mol. The number of anilines is 1. The summed E-state index contributed by atoms with van der Waals surface area (Å²) in [5, 5.41) is 13.7. The Morgan fingerprint density at radius 3 is 2.84 bits per heavy atom. The molecule has 3 N–H and O–H groups in total. The first kappa shape index (κ1) is 23.3. The number of amides is 2. The van der Waals surface area contributed by atoms with Crippen molar-refractivity contribution in [3.05, 3.63) is 48.3 Å². The van der Waals surface area contributed by atoms with Gasteiger partial charge < -0.3 is 20.9 Å². The summed E-state index contributed by atoms with van der Waals surface area (Å²) in [4.78, 5) is 31.0. The highest BCUT2D eigenvalue weighted by Crippen LogP contribution is 2.14. The predicted molar refractivity (Wildman–Crippen MR) is 125 cm³/mol. The first-order valence-corrected chi connectivity index (χ1v) is 11.1. The van der Waals surface area contributed by atoms with E-state index in [-0.39, 0.29) is 30.3 Å². The molecule has 0 spiro atoms. The van der Waals surface area contributed by atoms with Gasteiger partial charge in [0.25, 0.3) is 0 Å². The molecule has 9 nitrogen and oxygen atoms in total. The van der Waals surface area contributed by atoms with Crippen molar-refractivity contribution in [1.82, 2.24) is 25.3 Å². The van der Waals surface area contributed by atoms with Crippen molar-refractivity contribution in [3.63, 3.8) is 0 Å². The second kappa shape index (κ2) is 11.3. The van der Waals surface area contributed by atoms with Crippen LogP contribution in [0.3, 0.4) is 0 Å². The van der Waals surface area contributed by atoms with Crippen LogP contribution in [-0.4, -0.2) is 58.1 Å². The molecule has 1 fully saturated rings. The van der Waals surface area contributed by atoms with Crippen molar-refractivity contribution in [2.75, 3.05) is 25.0 Å². The average Bonchev–Trinajstić information content (AvgIpc) is 3.44. The van der Waals surface area contributed by atoms with E-state index in [1.165, 1.54) is 0 Å². The number of hydrogen-bond acceptors (Lipinski definition) is 4. The number of carbonyl (C=O) groups excluding carboxylic acids is 2. The number of nitrogens with zero attached hydrogens (tertiary/aromatic N) is 4. The lowest BCUT2D eigenvalue weighted by Crippen LogP contribution is -2.45. The van der Waals surface area contributed by atoms with E-state index in [1.54, 1.807) is 23.1 Å². The van der Waals surface area contributed by atoms with Gasteiger partial charge in [0.05, 0.1) is 6.54 Å². The second-order valence-corrected chi connectivity index (χ2v) is 8.22. The maximum absolute atomic E-state index is 12.2. The molecule has 0 bridgehead atoms. The van der Waals surface area contributed by atoms with Gasteiger partial charge in [-0.05, 0) is 37.1 Å². The molecule has 0 aliphatic carbocycles. The molecule has 1 atom stereocenters. The minimum atomic E-state index is -0.133. The maximum Gasteiger partial charge on any atom is 0.246 e. The number of benzene rings is 1. The Bertz CT molecular complexity index is 924. The fraction of sp³-hybridized carbons (Fsp3) is 0.478. The van der Waals surface area contributed by atoms with E-state index in [1.807, 2.05) is 49.9 Å². The first-order valence-electron chi connectivity index (χ1n) is 11.1. The molecule has 2 heterocycles. The highest BCUT2D eigenvalue weighted by atomic mass is 16.2. The monoisotopic (exact) mass is 439 g/mol. The SMILES string of the molecule is CCNC(=NCc1cccc(NC(=O)Cn2cccn2)c1)NC1CCN(C(=O)C(C)C)C1. The van der Waals surface area contributed by atoms with Crippen molar-refractivity contribution < 1.29 is 9.59 Å². The van der Waals surface area contributed by atoms with Gasteiger partial charge in [0.2, 0.25) is 11.8 Å². The lowest BCUT2D eigenvalue weighted by atomic mass is 10.2. The quantitative estimate of drug-likeness (QED) is 0.430. The standard InChI is InChI=1S/C23H33N7O2/c1-4-24-23(28-20-9-12-29(15-20)22(32)17(2)3)25-14-18-7-5-8-19(13-18)27-21(31)16-30-11-6-10-26-30/h5-8,10-11,13,17,20H,4,9,12,14-16H2,1-3H3,(H,27,31)(H2,24,25,28). The first-order chi connectivity index (χ1) is 15.4. The predicted octanol–water partition coefficient (Wildman–Crippen LogP) is 1.83. The van der Waals surface area contributed by atoms with E-state index < -0.39 is 0 Å². The molecule has 1 unspecified atom stereocenters. The lowest BCUT2D eigenvalue weighted by Gasteiger charge is -2.20. The summed E-state index contributed by atoms with van der Waals surface area (Å²) >= 11 is 0. The molecule has 2 amide bonds. The Morgan fingerprint density at radius 1 is 1.28 bits per heavy atom. The van der Waals surface area contributed by atoms with Gasteiger partial charge in [-0.15, -0.1) is 0 Å².